The molecule has 0 saturated carbocycles. The quantitative estimate of drug-likeness (QED) is 0.771. The molecular weight excluding hydrogens is 287 g/mol. The van der Waals surface area contributed by atoms with Crippen LogP contribution < -0.4 is 0 Å². The molecule has 1 heterocycles. The maximum absolute atomic E-state index is 13.4. The number of carbonyl (C=O) groups is 1. The monoisotopic (exact) mass is 298 g/mol. The van der Waals surface area contributed by atoms with Crippen molar-refractivity contribution < 1.29 is 9.18 Å². The second-order valence-corrected chi connectivity index (χ2v) is 4.92. The van der Waals surface area contributed by atoms with Gasteiger partial charge in [-0.1, -0.05) is 15.9 Å². The molecular formula is C12H12BrFN2O. The third-order valence-corrected chi connectivity index (χ3v) is 3.24. The second kappa shape index (κ2) is 4.96. The molecule has 1 fully saturated rings. The van der Waals surface area contributed by atoms with Crippen molar-refractivity contribution in [3.63, 3.8) is 0 Å². The van der Waals surface area contributed by atoms with Crippen molar-refractivity contribution in [2.75, 3.05) is 13.6 Å². The van der Waals surface area contributed by atoms with Crippen LogP contribution in [-0.4, -0.2) is 36.7 Å². The number of halogens is 2. The average Bonchev–Trinajstić information content (AvgIpc) is 2.62. The standard InChI is InChI=1S/C12H12BrFN2O/c1-16-5-4-11(12(16)17)15-7-8-6-9(13)2-3-10(8)14/h2-3,6-7,11H,4-5H2,1H3. The molecule has 1 aromatic carbocycles. The molecule has 3 nitrogen and oxygen atoms in total. The Morgan fingerprint density at radius 2 is 2.35 bits per heavy atom. The van der Waals surface area contributed by atoms with Gasteiger partial charge in [0.1, 0.15) is 11.9 Å². The van der Waals surface area contributed by atoms with Gasteiger partial charge in [-0.05, 0) is 24.6 Å². The molecule has 0 spiro atoms. The van der Waals surface area contributed by atoms with Crippen LogP contribution in [0.5, 0.6) is 0 Å². The fourth-order valence-corrected chi connectivity index (χ4v) is 2.10. The van der Waals surface area contributed by atoms with Gasteiger partial charge in [-0.25, -0.2) is 4.39 Å². The van der Waals surface area contributed by atoms with Gasteiger partial charge in [0, 0.05) is 29.8 Å². The summed E-state index contributed by atoms with van der Waals surface area (Å²) >= 11 is 3.27. The molecule has 1 amide bonds. The Morgan fingerprint density at radius 1 is 1.59 bits per heavy atom. The van der Waals surface area contributed by atoms with Crippen LogP contribution in [-0.2, 0) is 4.79 Å². The third kappa shape index (κ3) is 2.72. The van der Waals surface area contributed by atoms with E-state index >= 15 is 0 Å². The largest absolute Gasteiger partial charge is 0.344 e. The van der Waals surface area contributed by atoms with E-state index < -0.39 is 0 Å². The molecule has 90 valence electrons. The van der Waals surface area contributed by atoms with Gasteiger partial charge in [0.15, 0.2) is 0 Å². The van der Waals surface area contributed by atoms with Crippen LogP contribution in [0.2, 0.25) is 0 Å². The number of likely N-dealkylation sites (tertiary alicyclic amines) is 1. The molecule has 0 aliphatic carbocycles. The lowest BCUT2D eigenvalue weighted by molar-refractivity contribution is -0.127. The summed E-state index contributed by atoms with van der Waals surface area (Å²) in [6, 6.07) is 4.27. The molecule has 0 radical (unpaired) electrons. The average molecular weight is 299 g/mol. The Kier molecular flexibility index (Phi) is 3.57. The third-order valence-electron chi connectivity index (χ3n) is 2.75. The molecule has 5 heteroatoms. The normalized spacial score (nSPS) is 20.5. The smallest absolute Gasteiger partial charge is 0.247 e. The molecule has 1 atom stereocenters. The predicted octanol–water partition coefficient (Wildman–Crippen LogP) is 2.24. The molecule has 0 bridgehead atoms. The summed E-state index contributed by atoms with van der Waals surface area (Å²) in [5, 5.41) is 0. The van der Waals surface area contributed by atoms with Gasteiger partial charge in [-0.2, -0.15) is 0 Å². The Bertz CT molecular complexity index is 476. The summed E-state index contributed by atoms with van der Waals surface area (Å²) in [5.74, 6) is -0.340. The maximum atomic E-state index is 13.4. The van der Waals surface area contributed by atoms with Crippen LogP contribution >= 0.6 is 15.9 Å². The minimum atomic E-state index is -0.363. The number of rotatable bonds is 2. The first-order valence-corrected chi connectivity index (χ1v) is 6.10. The first kappa shape index (κ1) is 12.2. The number of amides is 1. The van der Waals surface area contributed by atoms with Crippen molar-refractivity contribution in [2.45, 2.75) is 12.5 Å². The number of carbonyl (C=O) groups excluding carboxylic acids is 1. The highest BCUT2D eigenvalue weighted by atomic mass is 79.9. The van der Waals surface area contributed by atoms with E-state index in [2.05, 4.69) is 20.9 Å². The first-order chi connectivity index (χ1) is 8.08. The fourth-order valence-electron chi connectivity index (χ4n) is 1.73. The Morgan fingerprint density at radius 3 is 3.00 bits per heavy atom. The minimum absolute atomic E-state index is 0.00310. The zero-order valence-corrected chi connectivity index (χ0v) is 10.9. The van der Waals surface area contributed by atoms with Gasteiger partial charge in [0.2, 0.25) is 5.91 Å². The molecule has 0 N–H and O–H groups in total. The summed E-state index contributed by atoms with van der Waals surface area (Å²) in [6.45, 7) is 0.710. The van der Waals surface area contributed by atoms with E-state index in [4.69, 9.17) is 0 Å². The van der Waals surface area contributed by atoms with Crippen LogP contribution in [0.4, 0.5) is 4.39 Å². The highest BCUT2D eigenvalue weighted by Crippen LogP contribution is 2.16. The number of hydrogen-bond acceptors (Lipinski definition) is 2. The number of aliphatic imine (C=N–C) groups is 1. The summed E-state index contributed by atoms with van der Waals surface area (Å²) in [6.07, 6.45) is 2.13. The molecule has 1 aliphatic rings. The first-order valence-electron chi connectivity index (χ1n) is 5.31. The molecule has 1 unspecified atom stereocenters. The Balaban J connectivity index is 2.15. The van der Waals surface area contributed by atoms with Crippen LogP contribution in [0.3, 0.4) is 0 Å². The summed E-state index contributed by atoms with van der Waals surface area (Å²) in [5.41, 5.74) is 0.390. The van der Waals surface area contributed by atoms with Crippen molar-refractivity contribution >= 4 is 28.1 Å². The Hall–Kier alpha value is -1.23. The number of benzene rings is 1. The summed E-state index contributed by atoms with van der Waals surface area (Å²) in [7, 11) is 1.75. The molecule has 1 aromatic rings. The van der Waals surface area contributed by atoms with Crippen LogP contribution in [0.15, 0.2) is 27.7 Å². The molecule has 0 aromatic heterocycles. The van der Waals surface area contributed by atoms with Crippen molar-refractivity contribution in [1.29, 1.82) is 0 Å². The molecule has 17 heavy (non-hydrogen) atoms. The van der Waals surface area contributed by atoms with Crippen molar-refractivity contribution in [1.82, 2.24) is 4.90 Å². The van der Waals surface area contributed by atoms with Crippen molar-refractivity contribution in [2.24, 2.45) is 4.99 Å². The van der Waals surface area contributed by atoms with Crippen LogP contribution in [0.1, 0.15) is 12.0 Å². The van der Waals surface area contributed by atoms with Crippen LogP contribution in [0.25, 0.3) is 0 Å². The fraction of sp³-hybridized carbons (Fsp3) is 0.333. The van der Waals surface area contributed by atoms with Gasteiger partial charge in [-0.3, -0.25) is 9.79 Å². The summed E-state index contributed by atoms with van der Waals surface area (Å²) in [4.78, 5) is 17.4. The second-order valence-electron chi connectivity index (χ2n) is 4.01. The maximum Gasteiger partial charge on any atom is 0.247 e. The van der Waals surface area contributed by atoms with E-state index in [-0.39, 0.29) is 17.8 Å². The lowest BCUT2D eigenvalue weighted by atomic mass is 10.2. The van der Waals surface area contributed by atoms with E-state index in [1.54, 1.807) is 24.1 Å². The number of hydrogen-bond donors (Lipinski definition) is 0. The van der Waals surface area contributed by atoms with E-state index in [9.17, 15) is 9.18 Å². The van der Waals surface area contributed by atoms with Crippen molar-refractivity contribution in [3.8, 4) is 0 Å². The van der Waals surface area contributed by atoms with Gasteiger partial charge < -0.3 is 4.90 Å². The highest BCUT2D eigenvalue weighted by molar-refractivity contribution is 9.10. The summed E-state index contributed by atoms with van der Waals surface area (Å²) < 4.78 is 14.2. The SMILES string of the molecule is CN1CCC(N=Cc2cc(Br)ccc2F)C1=O. The lowest BCUT2D eigenvalue weighted by Crippen LogP contribution is -2.24. The van der Waals surface area contributed by atoms with Gasteiger partial charge >= 0.3 is 0 Å². The molecule has 2 rings (SSSR count). The molecule has 1 saturated heterocycles. The van der Waals surface area contributed by atoms with Crippen molar-refractivity contribution in [3.05, 3.63) is 34.1 Å². The molecule has 1 aliphatic heterocycles. The minimum Gasteiger partial charge on any atom is -0.344 e. The van der Waals surface area contributed by atoms with E-state index in [0.29, 0.717) is 18.5 Å². The zero-order chi connectivity index (χ0) is 12.4. The van der Waals surface area contributed by atoms with Gasteiger partial charge in [0.05, 0.1) is 0 Å². The zero-order valence-electron chi connectivity index (χ0n) is 9.36. The predicted molar refractivity (Wildman–Crippen MR) is 67.7 cm³/mol. The van der Waals surface area contributed by atoms with Gasteiger partial charge in [-0.15, -0.1) is 0 Å². The number of likely N-dealkylation sites (N-methyl/N-ethyl adjacent to an activating group) is 1. The van der Waals surface area contributed by atoms with E-state index in [1.807, 2.05) is 0 Å². The van der Waals surface area contributed by atoms with E-state index in [1.165, 1.54) is 12.3 Å². The number of nitrogens with zero attached hydrogens (tertiary/aromatic N) is 2. The van der Waals surface area contributed by atoms with Gasteiger partial charge in [0.25, 0.3) is 0 Å². The topological polar surface area (TPSA) is 32.7 Å². The Labute approximate surface area is 107 Å². The van der Waals surface area contributed by atoms with E-state index in [0.717, 1.165) is 4.47 Å². The lowest BCUT2D eigenvalue weighted by Gasteiger charge is -2.06. The highest BCUT2D eigenvalue weighted by Gasteiger charge is 2.27. The van der Waals surface area contributed by atoms with Crippen LogP contribution in [0, 0.1) is 5.82 Å².